The van der Waals surface area contributed by atoms with Gasteiger partial charge in [0.1, 0.15) is 9.88 Å². The van der Waals surface area contributed by atoms with E-state index >= 15 is 0 Å². The summed E-state index contributed by atoms with van der Waals surface area (Å²) in [6, 6.07) is 6.86. The minimum absolute atomic E-state index is 0.102. The van der Waals surface area contributed by atoms with Gasteiger partial charge in [0, 0.05) is 24.2 Å². The van der Waals surface area contributed by atoms with Gasteiger partial charge in [0.15, 0.2) is 0 Å². The molecule has 2 aromatic rings. The molecule has 130 valence electrons. The second kappa shape index (κ2) is 7.02. The Morgan fingerprint density at radius 2 is 2.04 bits per heavy atom. The molecule has 0 saturated carbocycles. The zero-order chi connectivity index (χ0) is 18.0. The standard InChI is InChI=1S/C17H17N3O4S/c1-10-15(17(23)24)25-13(19-10)9-18-16(22)11-4-6-12(7-5-11)20-8-2-3-14(20)21/h4-7H,2-3,8-9H2,1H3,(H,18,22)(H,23,24). The molecule has 0 radical (unpaired) electrons. The quantitative estimate of drug-likeness (QED) is 0.853. The van der Waals surface area contributed by atoms with Crippen molar-refractivity contribution in [3.05, 3.63) is 45.4 Å². The van der Waals surface area contributed by atoms with E-state index in [1.807, 2.05) is 0 Å². The first-order chi connectivity index (χ1) is 12.0. The van der Waals surface area contributed by atoms with Gasteiger partial charge in [-0.2, -0.15) is 0 Å². The Kier molecular flexibility index (Phi) is 4.80. The van der Waals surface area contributed by atoms with Crippen LogP contribution in [-0.4, -0.2) is 34.4 Å². The van der Waals surface area contributed by atoms with Crippen LogP contribution in [0.4, 0.5) is 5.69 Å². The molecule has 7 nitrogen and oxygen atoms in total. The molecule has 8 heteroatoms. The van der Waals surface area contributed by atoms with Crippen LogP contribution in [0.5, 0.6) is 0 Å². The van der Waals surface area contributed by atoms with E-state index in [0.29, 0.717) is 29.2 Å². The summed E-state index contributed by atoms with van der Waals surface area (Å²) in [4.78, 5) is 41.0. The summed E-state index contributed by atoms with van der Waals surface area (Å²) in [7, 11) is 0. The average Bonchev–Trinajstić information content (AvgIpc) is 3.18. The van der Waals surface area contributed by atoms with Crippen LogP contribution in [0.3, 0.4) is 0 Å². The van der Waals surface area contributed by atoms with Crippen molar-refractivity contribution in [1.82, 2.24) is 10.3 Å². The number of aromatic nitrogens is 1. The molecular weight excluding hydrogens is 342 g/mol. The predicted octanol–water partition coefficient (Wildman–Crippen LogP) is 2.21. The minimum Gasteiger partial charge on any atom is -0.477 e. The fourth-order valence-electron chi connectivity index (χ4n) is 2.70. The molecule has 2 amide bonds. The van der Waals surface area contributed by atoms with Gasteiger partial charge in [-0.25, -0.2) is 9.78 Å². The number of benzene rings is 1. The third kappa shape index (κ3) is 3.69. The van der Waals surface area contributed by atoms with Crippen LogP contribution >= 0.6 is 11.3 Å². The van der Waals surface area contributed by atoms with Crippen LogP contribution < -0.4 is 10.2 Å². The third-order valence-corrected chi connectivity index (χ3v) is 5.10. The number of carboxylic acid groups (broad SMARTS) is 1. The molecule has 0 bridgehead atoms. The molecule has 0 unspecified atom stereocenters. The molecule has 1 aromatic carbocycles. The summed E-state index contributed by atoms with van der Waals surface area (Å²) >= 11 is 1.05. The molecule has 0 spiro atoms. The number of aryl methyl sites for hydroxylation is 1. The number of hydrogen-bond acceptors (Lipinski definition) is 5. The Hall–Kier alpha value is -2.74. The summed E-state index contributed by atoms with van der Waals surface area (Å²) < 4.78 is 0. The number of anilines is 1. The molecule has 1 aliphatic heterocycles. The van der Waals surface area contributed by atoms with Gasteiger partial charge < -0.3 is 15.3 Å². The van der Waals surface area contributed by atoms with Crippen LogP contribution in [-0.2, 0) is 11.3 Å². The predicted molar refractivity (Wildman–Crippen MR) is 93.0 cm³/mol. The number of carbonyl (C=O) groups is 3. The molecule has 1 saturated heterocycles. The topological polar surface area (TPSA) is 99.6 Å². The lowest BCUT2D eigenvalue weighted by Gasteiger charge is -2.15. The summed E-state index contributed by atoms with van der Waals surface area (Å²) in [5.74, 6) is -1.19. The number of thiazole rings is 1. The van der Waals surface area contributed by atoms with E-state index in [9.17, 15) is 14.4 Å². The van der Waals surface area contributed by atoms with Crippen molar-refractivity contribution in [1.29, 1.82) is 0 Å². The van der Waals surface area contributed by atoms with Gasteiger partial charge in [0.2, 0.25) is 5.91 Å². The lowest BCUT2D eigenvalue weighted by Crippen LogP contribution is -2.24. The lowest BCUT2D eigenvalue weighted by molar-refractivity contribution is -0.117. The smallest absolute Gasteiger partial charge is 0.347 e. The molecule has 1 aromatic heterocycles. The van der Waals surface area contributed by atoms with Crippen molar-refractivity contribution in [2.24, 2.45) is 0 Å². The highest BCUT2D eigenvalue weighted by Gasteiger charge is 2.21. The highest BCUT2D eigenvalue weighted by atomic mass is 32.1. The zero-order valence-electron chi connectivity index (χ0n) is 13.6. The summed E-state index contributed by atoms with van der Waals surface area (Å²) in [6.45, 7) is 2.51. The number of nitrogens with one attached hydrogen (secondary N) is 1. The van der Waals surface area contributed by atoms with Gasteiger partial charge in [-0.1, -0.05) is 0 Å². The van der Waals surface area contributed by atoms with Crippen LogP contribution in [0.25, 0.3) is 0 Å². The van der Waals surface area contributed by atoms with Crippen LogP contribution in [0.15, 0.2) is 24.3 Å². The second-order valence-electron chi connectivity index (χ2n) is 5.71. The Bertz CT molecular complexity index is 829. The largest absolute Gasteiger partial charge is 0.477 e. The Morgan fingerprint density at radius 3 is 2.60 bits per heavy atom. The third-order valence-electron chi connectivity index (χ3n) is 3.95. The Labute approximate surface area is 148 Å². The fourth-order valence-corrected chi connectivity index (χ4v) is 3.54. The van der Waals surface area contributed by atoms with Crippen molar-refractivity contribution in [2.45, 2.75) is 26.3 Å². The molecule has 25 heavy (non-hydrogen) atoms. The van der Waals surface area contributed by atoms with Gasteiger partial charge in [-0.3, -0.25) is 9.59 Å². The van der Waals surface area contributed by atoms with E-state index in [4.69, 9.17) is 5.11 Å². The zero-order valence-corrected chi connectivity index (χ0v) is 14.4. The molecule has 2 heterocycles. The molecule has 0 aliphatic carbocycles. The first-order valence-electron chi connectivity index (χ1n) is 7.84. The van der Waals surface area contributed by atoms with E-state index in [0.717, 1.165) is 23.4 Å². The second-order valence-corrected chi connectivity index (χ2v) is 6.79. The number of nitrogens with zero attached hydrogens (tertiary/aromatic N) is 2. The van der Waals surface area contributed by atoms with Crippen LogP contribution in [0, 0.1) is 6.92 Å². The Balaban J connectivity index is 1.62. The highest BCUT2D eigenvalue weighted by molar-refractivity contribution is 7.13. The molecular formula is C17H17N3O4S. The van der Waals surface area contributed by atoms with Crippen molar-refractivity contribution in [3.8, 4) is 0 Å². The van der Waals surface area contributed by atoms with E-state index in [1.165, 1.54) is 0 Å². The number of hydrogen-bond donors (Lipinski definition) is 2. The molecule has 1 fully saturated rings. The summed E-state index contributed by atoms with van der Waals surface area (Å²) in [6.07, 6.45) is 1.42. The first kappa shape index (κ1) is 17.1. The van der Waals surface area contributed by atoms with Crippen LogP contribution in [0.1, 0.15) is 43.6 Å². The summed E-state index contributed by atoms with van der Waals surface area (Å²) in [5, 5.41) is 12.3. The van der Waals surface area contributed by atoms with Gasteiger partial charge in [0.25, 0.3) is 5.91 Å². The number of rotatable bonds is 5. The maximum Gasteiger partial charge on any atom is 0.347 e. The lowest BCUT2D eigenvalue weighted by atomic mass is 10.2. The summed E-state index contributed by atoms with van der Waals surface area (Å²) in [5.41, 5.74) is 1.71. The molecule has 1 aliphatic rings. The average molecular weight is 359 g/mol. The normalized spacial score (nSPS) is 14.0. The van der Waals surface area contributed by atoms with Gasteiger partial charge in [-0.15, -0.1) is 11.3 Å². The van der Waals surface area contributed by atoms with Crippen LogP contribution in [0.2, 0.25) is 0 Å². The van der Waals surface area contributed by atoms with Crippen molar-refractivity contribution in [2.75, 3.05) is 11.4 Å². The maximum absolute atomic E-state index is 12.2. The van der Waals surface area contributed by atoms with Gasteiger partial charge >= 0.3 is 5.97 Å². The molecule has 2 N–H and O–H groups in total. The van der Waals surface area contributed by atoms with E-state index in [1.54, 1.807) is 36.1 Å². The SMILES string of the molecule is Cc1nc(CNC(=O)c2ccc(N3CCCC3=O)cc2)sc1C(=O)O. The van der Waals surface area contributed by atoms with E-state index in [-0.39, 0.29) is 23.2 Å². The minimum atomic E-state index is -1.01. The number of amides is 2. The van der Waals surface area contributed by atoms with E-state index in [2.05, 4.69) is 10.3 Å². The first-order valence-corrected chi connectivity index (χ1v) is 8.65. The maximum atomic E-state index is 12.2. The van der Waals surface area contributed by atoms with Gasteiger partial charge in [-0.05, 0) is 37.6 Å². The van der Waals surface area contributed by atoms with E-state index < -0.39 is 5.97 Å². The number of carbonyl (C=O) groups excluding carboxylic acids is 2. The highest BCUT2D eigenvalue weighted by Crippen LogP contribution is 2.22. The molecule has 3 rings (SSSR count). The van der Waals surface area contributed by atoms with Crippen molar-refractivity contribution in [3.63, 3.8) is 0 Å². The fraction of sp³-hybridized carbons (Fsp3) is 0.294. The van der Waals surface area contributed by atoms with Crippen molar-refractivity contribution < 1.29 is 19.5 Å². The van der Waals surface area contributed by atoms with Gasteiger partial charge in [0.05, 0.1) is 12.2 Å². The Morgan fingerprint density at radius 1 is 1.32 bits per heavy atom. The van der Waals surface area contributed by atoms with Crippen molar-refractivity contribution >= 4 is 34.8 Å². The molecule has 0 atom stereocenters. The number of aromatic carboxylic acids is 1. The monoisotopic (exact) mass is 359 g/mol. The number of carboxylic acids is 1.